The predicted octanol–water partition coefficient (Wildman–Crippen LogP) is 1.96. The van der Waals surface area contributed by atoms with Crippen LogP contribution in [-0.4, -0.2) is 34.1 Å². The van der Waals surface area contributed by atoms with Crippen molar-refractivity contribution >= 4 is 16.6 Å². The molecule has 1 unspecified atom stereocenters. The maximum absolute atomic E-state index is 12.1. The Morgan fingerprint density at radius 3 is 2.72 bits per heavy atom. The van der Waals surface area contributed by atoms with Gasteiger partial charge in [0, 0.05) is 11.9 Å². The molecule has 18 heavy (non-hydrogen) atoms. The van der Waals surface area contributed by atoms with E-state index in [0.717, 1.165) is 0 Å². The van der Waals surface area contributed by atoms with E-state index in [1.54, 1.807) is 24.3 Å². The highest BCUT2D eigenvalue weighted by Gasteiger charge is 2.37. The Kier molecular flexibility index (Phi) is 3.33. The quantitative estimate of drug-likeness (QED) is 0.882. The van der Waals surface area contributed by atoms with E-state index in [2.05, 4.69) is 15.5 Å². The third-order valence-corrected chi connectivity index (χ3v) is 2.41. The molecule has 0 saturated carbocycles. The Bertz CT molecular complexity index is 539. The molecule has 2 N–H and O–H groups in total. The van der Waals surface area contributed by atoms with Crippen molar-refractivity contribution in [3.05, 3.63) is 30.5 Å². The zero-order chi connectivity index (χ0) is 13.2. The molecule has 1 aromatic heterocycles. The number of benzene rings is 1. The number of aliphatic hydroxyl groups is 1. The maximum Gasteiger partial charge on any atom is 0.416 e. The van der Waals surface area contributed by atoms with Gasteiger partial charge in [-0.25, -0.2) is 0 Å². The molecule has 0 aliphatic heterocycles. The van der Waals surface area contributed by atoms with Crippen molar-refractivity contribution in [2.75, 3.05) is 11.9 Å². The number of hydrogen-bond acceptors (Lipinski definition) is 4. The van der Waals surface area contributed by atoms with Crippen molar-refractivity contribution < 1.29 is 18.3 Å². The number of alkyl halides is 3. The highest BCUT2D eigenvalue weighted by molar-refractivity contribution is 5.90. The molecule has 0 aliphatic rings. The molecule has 96 valence electrons. The summed E-state index contributed by atoms with van der Waals surface area (Å²) in [5.74, 6) is 0. The van der Waals surface area contributed by atoms with Crippen LogP contribution in [0.2, 0.25) is 0 Å². The first-order chi connectivity index (χ1) is 8.48. The van der Waals surface area contributed by atoms with E-state index in [-0.39, 0.29) is 0 Å². The normalized spacial score (nSPS) is 13.6. The third-order valence-electron chi connectivity index (χ3n) is 2.41. The van der Waals surface area contributed by atoms with Crippen LogP contribution in [0.3, 0.4) is 0 Å². The molecule has 0 amide bonds. The lowest BCUT2D eigenvalue weighted by Crippen LogP contribution is -2.35. The third kappa shape index (κ3) is 2.67. The number of rotatable bonds is 3. The second-order valence-corrected chi connectivity index (χ2v) is 3.71. The predicted molar refractivity (Wildman–Crippen MR) is 60.1 cm³/mol. The molecule has 0 radical (unpaired) electrons. The van der Waals surface area contributed by atoms with Gasteiger partial charge in [-0.2, -0.15) is 23.4 Å². The van der Waals surface area contributed by atoms with Crippen molar-refractivity contribution in [1.82, 2.24) is 10.2 Å². The first-order valence-electron chi connectivity index (χ1n) is 5.17. The van der Waals surface area contributed by atoms with Gasteiger partial charge in [-0.05, 0) is 6.07 Å². The summed E-state index contributed by atoms with van der Waals surface area (Å²) in [4.78, 5) is 0. The molecule has 1 aromatic carbocycles. The van der Waals surface area contributed by atoms with Crippen LogP contribution in [0.4, 0.5) is 18.9 Å². The lowest BCUT2D eigenvalue weighted by Gasteiger charge is -2.16. The Hall–Kier alpha value is -1.89. The topological polar surface area (TPSA) is 58.0 Å². The Balaban J connectivity index is 2.18. The average Bonchev–Trinajstić information content (AvgIpc) is 2.34. The Morgan fingerprint density at radius 1 is 1.28 bits per heavy atom. The molecule has 0 bridgehead atoms. The summed E-state index contributed by atoms with van der Waals surface area (Å²) in [5, 5.41) is 19.6. The molecule has 2 aromatic rings. The largest absolute Gasteiger partial charge is 0.416 e. The number of halogens is 3. The summed E-state index contributed by atoms with van der Waals surface area (Å²) in [6.07, 6.45) is -5.72. The summed E-state index contributed by atoms with van der Waals surface area (Å²) in [6.45, 7) is -0.626. The smallest absolute Gasteiger partial charge is 0.382 e. The van der Waals surface area contributed by atoms with Crippen LogP contribution in [0.25, 0.3) is 10.9 Å². The summed E-state index contributed by atoms with van der Waals surface area (Å²) < 4.78 is 36.4. The molecule has 2 rings (SSSR count). The Morgan fingerprint density at radius 2 is 2.00 bits per heavy atom. The van der Waals surface area contributed by atoms with E-state index in [0.29, 0.717) is 16.6 Å². The molecule has 0 saturated heterocycles. The van der Waals surface area contributed by atoms with Crippen molar-refractivity contribution in [3.63, 3.8) is 0 Å². The van der Waals surface area contributed by atoms with E-state index < -0.39 is 18.8 Å². The number of nitrogens with one attached hydrogen (secondary N) is 1. The monoisotopic (exact) mass is 257 g/mol. The highest BCUT2D eigenvalue weighted by Crippen LogP contribution is 2.23. The zero-order valence-electron chi connectivity index (χ0n) is 9.15. The molecule has 0 fully saturated rings. The van der Waals surface area contributed by atoms with Gasteiger partial charge >= 0.3 is 6.18 Å². The van der Waals surface area contributed by atoms with Crippen LogP contribution in [0.15, 0.2) is 30.5 Å². The lowest BCUT2D eigenvalue weighted by molar-refractivity contribution is -0.198. The van der Waals surface area contributed by atoms with Crippen molar-refractivity contribution in [2.45, 2.75) is 12.3 Å². The summed E-state index contributed by atoms with van der Waals surface area (Å²) >= 11 is 0. The number of hydrogen-bond donors (Lipinski definition) is 2. The van der Waals surface area contributed by atoms with Gasteiger partial charge in [-0.15, -0.1) is 0 Å². The van der Waals surface area contributed by atoms with Gasteiger partial charge in [0.1, 0.15) is 0 Å². The van der Waals surface area contributed by atoms with Crippen LogP contribution in [0.5, 0.6) is 0 Å². The van der Waals surface area contributed by atoms with Gasteiger partial charge < -0.3 is 10.4 Å². The standard InChI is InChI=1S/C11H10F3N3O/c12-11(13,14)10(18)6-15-9-5-16-17-8-4-2-1-3-7(8)9/h1-5,10,18H,6H2,(H,15,17). The number of aliphatic hydroxyl groups excluding tert-OH is 1. The van der Waals surface area contributed by atoms with Gasteiger partial charge in [-0.3, -0.25) is 0 Å². The van der Waals surface area contributed by atoms with E-state index >= 15 is 0 Å². The van der Waals surface area contributed by atoms with Crippen molar-refractivity contribution in [3.8, 4) is 0 Å². The molecule has 1 atom stereocenters. The average molecular weight is 257 g/mol. The van der Waals surface area contributed by atoms with Crippen molar-refractivity contribution in [2.24, 2.45) is 0 Å². The van der Waals surface area contributed by atoms with Gasteiger partial charge in [0.15, 0.2) is 6.10 Å². The van der Waals surface area contributed by atoms with Gasteiger partial charge in [0.05, 0.1) is 17.4 Å². The first kappa shape index (κ1) is 12.6. The van der Waals surface area contributed by atoms with Gasteiger partial charge in [0.2, 0.25) is 0 Å². The fourth-order valence-electron chi connectivity index (χ4n) is 1.47. The second-order valence-electron chi connectivity index (χ2n) is 3.71. The van der Waals surface area contributed by atoms with Crippen LogP contribution in [0.1, 0.15) is 0 Å². The minimum absolute atomic E-state index is 0.406. The molecular weight excluding hydrogens is 247 g/mol. The number of aromatic nitrogens is 2. The fourth-order valence-corrected chi connectivity index (χ4v) is 1.47. The van der Waals surface area contributed by atoms with Crippen molar-refractivity contribution in [1.29, 1.82) is 0 Å². The minimum Gasteiger partial charge on any atom is -0.382 e. The number of nitrogens with zero attached hydrogens (tertiary/aromatic N) is 2. The van der Waals surface area contributed by atoms with Crippen LogP contribution >= 0.6 is 0 Å². The highest BCUT2D eigenvalue weighted by atomic mass is 19.4. The first-order valence-corrected chi connectivity index (χ1v) is 5.17. The summed E-state index contributed by atoms with van der Waals surface area (Å²) in [7, 11) is 0. The second kappa shape index (κ2) is 4.77. The fraction of sp³-hybridized carbons (Fsp3) is 0.273. The molecule has 7 heteroatoms. The maximum atomic E-state index is 12.1. The van der Waals surface area contributed by atoms with E-state index in [1.165, 1.54) is 6.20 Å². The van der Waals surface area contributed by atoms with Crippen LogP contribution in [-0.2, 0) is 0 Å². The van der Waals surface area contributed by atoms with E-state index in [9.17, 15) is 13.2 Å². The SMILES string of the molecule is OC(CNc1cnnc2ccccc12)C(F)(F)F. The summed E-state index contributed by atoms with van der Waals surface area (Å²) in [5.41, 5.74) is 0.980. The molecule has 4 nitrogen and oxygen atoms in total. The van der Waals surface area contributed by atoms with Gasteiger partial charge in [0.25, 0.3) is 0 Å². The van der Waals surface area contributed by atoms with E-state index in [1.807, 2.05) is 0 Å². The van der Waals surface area contributed by atoms with E-state index in [4.69, 9.17) is 5.11 Å². The Labute approximate surface area is 100 Å². The van der Waals surface area contributed by atoms with Gasteiger partial charge in [-0.1, -0.05) is 18.2 Å². The molecule has 0 aliphatic carbocycles. The number of fused-ring (bicyclic) bond motifs is 1. The molecule has 1 heterocycles. The van der Waals surface area contributed by atoms with Crippen LogP contribution in [0, 0.1) is 0 Å². The molecule has 0 spiro atoms. The molecular formula is C11H10F3N3O. The lowest BCUT2D eigenvalue weighted by atomic mass is 10.2. The summed E-state index contributed by atoms with van der Waals surface area (Å²) in [6, 6.07) is 6.92. The minimum atomic E-state index is -4.64. The zero-order valence-corrected chi connectivity index (χ0v) is 9.15. The number of anilines is 1. The van der Waals surface area contributed by atoms with Crippen LogP contribution < -0.4 is 5.32 Å².